The SMILES string of the molecule is CSc1nc(C)cc(C(=O)NCCCn2ccnc2)n1. The second-order valence-electron chi connectivity index (χ2n) is 4.29. The molecule has 0 saturated carbocycles. The van der Waals surface area contributed by atoms with Crippen molar-refractivity contribution >= 4 is 17.7 Å². The summed E-state index contributed by atoms with van der Waals surface area (Å²) in [5, 5.41) is 3.49. The Labute approximate surface area is 122 Å². The molecule has 0 aliphatic heterocycles. The largest absolute Gasteiger partial charge is 0.351 e. The Morgan fingerprint density at radius 2 is 2.30 bits per heavy atom. The molecule has 2 rings (SSSR count). The van der Waals surface area contributed by atoms with Gasteiger partial charge in [0.15, 0.2) is 5.16 Å². The molecule has 7 heteroatoms. The van der Waals surface area contributed by atoms with Gasteiger partial charge in [-0.05, 0) is 25.7 Å². The number of carbonyl (C=O) groups excluding carboxylic acids is 1. The predicted molar refractivity (Wildman–Crippen MR) is 77.7 cm³/mol. The third-order valence-corrected chi connectivity index (χ3v) is 3.23. The lowest BCUT2D eigenvalue weighted by Crippen LogP contribution is -2.26. The summed E-state index contributed by atoms with van der Waals surface area (Å²) in [4.78, 5) is 24.4. The number of hydrogen-bond donors (Lipinski definition) is 1. The summed E-state index contributed by atoms with van der Waals surface area (Å²) < 4.78 is 1.98. The van der Waals surface area contributed by atoms with Crippen LogP contribution in [0.4, 0.5) is 0 Å². The molecule has 0 bridgehead atoms. The summed E-state index contributed by atoms with van der Waals surface area (Å²) >= 11 is 1.43. The fourth-order valence-electron chi connectivity index (χ4n) is 1.72. The Morgan fingerprint density at radius 1 is 1.45 bits per heavy atom. The van der Waals surface area contributed by atoms with Gasteiger partial charge in [0.05, 0.1) is 6.33 Å². The number of aryl methyl sites for hydroxylation is 2. The van der Waals surface area contributed by atoms with Crippen LogP contribution in [0.15, 0.2) is 29.9 Å². The Morgan fingerprint density at radius 3 is 3.00 bits per heavy atom. The Bertz CT molecular complexity index is 570. The predicted octanol–water partition coefficient (Wildman–Crippen LogP) is 1.52. The minimum absolute atomic E-state index is 0.156. The summed E-state index contributed by atoms with van der Waals surface area (Å²) in [5.74, 6) is -0.156. The third kappa shape index (κ3) is 4.06. The number of aromatic nitrogens is 4. The molecule has 0 saturated heterocycles. The van der Waals surface area contributed by atoms with E-state index in [4.69, 9.17) is 0 Å². The van der Waals surface area contributed by atoms with Crippen molar-refractivity contribution in [3.8, 4) is 0 Å². The number of rotatable bonds is 6. The van der Waals surface area contributed by atoms with E-state index in [1.165, 1.54) is 11.8 Å². The van der Waals surface area contributed by atoms with Crippen LogP contribution in [-0.4, -0.2) is 38.2 Å². The quantitative estimate of drug-likeness (QED) is 0.496. The lowest BCUT2D eigenvalue weighted by atomic mass is 10.3. The van der Waals surface area contributed by atoms with Crippen LogP contribution >= 0.6 is 11.8 Å². The lowest BCUT2D eigenvalue weighted by molar-refractivity contribution is 0.0946. The van der Waals surface area contributed by atoms with Crippen LogP contribution in [-0.2, 0) is 6.54 Å². The normalized spacial score (nSPS) is 10.5. The van der Waals surface area contributed by atoms with E-state index in [0.29, 0.717) is 17.4 Å². The topological polar surface area (TPSA) is 72.7 Å². The molecule has 0 aromatic carbocycles. The van der Waals surface area contributed by atoms with Crippen molar-refractivity contribution in [2.75, 3.05) is 12.8 Å². The second kappa shape index (κ2) is 7.04. The van der Waals surface area contributed by atoms with E-state index in [0.717, 1.165) is 18.7 Å². The summed E-state index contributed by atoms with van der Waals surface area (Å²) in [6.07, 6.45) is 8.15. The van der Waals surface area contributed by atoms with Gasteiger partial charge in [0.1, 0.15) is 5.69 Å². The van der Waals surface area contributed by atoms with Crippen molar-refractivity contribution in [2.45, 2.75) is 25.0 Å². The molecule has 1 amide bonds. The molecule has 0 aliphatic rings. The van der Waals surface area contributed by atoms with Crippen LogP contribution in [0, 0.1) is 6.92 Å². The average Bonchev–Trinajstić information content (AvgIpc) is 2.95. The molecular formula is C13H17N5OS. The van der Waals surface area contributed by atoms with Crippen molar-refractivity contribution in [3.63, 3.8) is 0 Å². The van der Waals surface area contributed by atoms with Crippen LogP contribution in [0.3, 0.4) is 0 Å². The molecule has 20 heavy (non-hydrogen) atoms. The van der Waals surface area contributed by atoms with Gasteiger partial charge in [-0.25, -0.2) is 15.0 Å². The van der Waals surface area contributed by atoms with Gasteiger partial charge in [0, 0.05) is 31.2 Å². The summed E-state index contributed by atoms with van der Waals surface area (Å²) in [7, 11) is 0. The Hall–Kier alpha value is -1.89. The molecule has 0 aliphatic carbocycles. The lowest BCUT2D eigenvalue weighted by Gasteiger charge is -2.06. The number of hydrogen-bond acceptors (Lipinski definition) is 5. The van der Waals surface area contributed by atoms with Crippen LogP contribution in [0.25, 0.3) is 0 Å². The number of nitrogens with zero attached hydrogens (tertiary/aromatic N) is 4. The molecule has 6 nitrogen and oxygen atoms in total. The smallest absolute Gasteiger partial charge is 0.270 e. The fraction of sp³-hybridized carbons (Fsp3) is 0.385. The van der Waals surface area contributed by atoms with E-state index in [1.54, 1.807) is 18.6 Å². The van der Waals surface area contributed by atoms with Crippen LogP contribution in [0.1, 0.15) is 22.6 Å². The molecule has 0 atom stereocenters. The number of imidazole rings is 1. The number of nitrogens with one attached hydrogen (secondary N) is 1. The van der Waals surface area contributed by atoms with Gasteiger partial charge in [0.25, 0.3) is 5.91 Å². The number of thioether (sulfide) groups is 1. The Kier molecular flexibility index (Phi) is 5.11. The van der Waals surface area contributed by atoms with Gasteiger partial charge < -0.3 is 9.88 Å². The zero-order chi connectivity index (χ0) is 14.4. The zero-order valence-electron chi connectivity index (χ0n) is 11.5. The third-order valence-electron chi connectivity index (χ3n) is 2.69. The summed E-state index contributed by atoms with van der Waals surface area (Å²) in [6, 6.07) is 1.70. The highest BCUT2D eigenvalue weighted by molar-refractivity contribution is 7.98. The molecule has 0 fully saturated rings. The molecule has 2 aromatic rings. The van der Waals surface area contributed by atoms with Gasteiger partial charge in [-0.2, -0.15) is 0 Å². The van der Waals surface area contributed by atoms with E-state index < -0.39 is 0 Å². The van der Waals surface area contributed by atoms with Crippen molar-refractivity contribution in [3.05, 3.63) is 36.2 Å². The molecule has 2 heterocycles. The maximum atomic E-state index is 12.0. The molecule has 0 radical (unpaired) electrons. The van der Waals surface area contributed by atoms with Crippen LogP contribution in [0.5, 0.6) is 0 Å². The van der Waals surface area contributed by atoms with Crippen molar-refractivity contribution in [2.24, 2.45) is 0 Å². The first-order valence-electron chi connectivity index (χ1n) is 6.32. The standard InChI is InChI=1S/C13H17N5OS/c1-10-8-11(17-13(16-10)20-2)12(19)15-4-3-6-18-7-5-14-9-18/h5,7-9H,3-4,6H2,1-2H3,(H,15,19). The monoisotopic (exact) mass is 291 g/mol. The van der Waals surface area contributed by atoms with Gasteiger partial charge in [0.2, 0.25) is 0 Å². The van der Waals surface area contributed by atoms with Gasteiger partial charge in [-0.3, -0.25) is 4.79 Å². The fourth-order valence-corrected chi connectivity index (χ4v) is 2.15. The Balaban J connectivity index is 1.83. The minimum atomic E-state index is -0.156. The highest BCUT2D eigenvalue weighted by Crippen LogP contribution is 2.10. The molecule has 106 valence electrons. The molecule has 0 spiro atoms. The highest BCUT2D eigenvalue weighted by Gasteiger charge is 2.09. The van der Waals surface area contributed by atoms with E-state index in [9.17, 15) is 4.79 Å². The maximum Gasteiger partial charge on any atom is 0.270 e. The number of amides is 1. The minimum Gasteiger partial charge on any atom is -0.351 e. The molecule has 1 N–H and O–H groups in total. The van der Waals surface area contributed by atoms with Gasteiger partial charge in [-0.1, -0.05) is 11.8 Å². The second-order valence-corrected chi connectivity index (χ2v) is 5.06. The maximum absolute atomic E-state index is 12.0. The first-order chi connectivity index (χ1) is 9.69. The number of carbonyl (C=O) groups is 1. The summed E-state index contributed by atoms with van der Waals surface area (Å²) in [6.45, 7) is 3.30. The van der Waals surface area contributed by atoms with E-state index in [-0.39, 0.29) is 5.91 Å². The first-order valence-corrected chi connectivity index (χ1v) is 7.55. The van der Waals surface area contributed by atoms with Gasteiger partial charge >= 0.3 is 0 Å². The van der Waals surface area contributed by atoms with Crippen LogP contribution < -0.4 is 5.32 Å². The zero-order valence-corrected chi connectivity index (χ0v) is 12.4. The van der Waals surface area contributed by atoms with Gasteiger partial charge in [-0.15, -0.1) is 0 Å². The van der Waals surface area contributed by atoms with E-state index in [1.807, 2.05) is 23.9 Å². The first kappa shape index (κ1) is 14.5. The van der Waals surface area contributed by atoms with E-state index in [2.05, 4.69) is 20.3 Å². The van der Waals surface area contributed by atoms with Crippen LogP contribution in [0.2, 0.25) is 0 Å². The average molecular weight is 291 g/mol. The summed E-state index contributed by atoms with van der Waals surface area (Å²) in [5.41, 5.74) is 1.22. The molecule has 2 aromatic heterocycles. The highest BCUT2D eigenvalue weighted by atomic mass is 32.2. The van der Waals surface area contributed by atoms with E-state index >= 15 is 0 Å². The van der Waals surface area contributed by atoms with Crippen molar-refractivity contribution < 1.29 is 4.79 Å². The molecular weight excluding hydrogens is 274 g/mol. The molecule has 0 unspecified atom stereocenters. The van der Waals surface area contributed by atoms with Crippen molar-refractivity contribution in [1.29, 1.82) is 0 Å². The van der Waals surface area contributed by atoms with Crippen molar-refractivity contribution in [1.82, 2.24) is 24.8 Å².